The van der Waals surface area contributed by atoms with Crippen LogP contribution in [-0.4, -0.2) is 20.3 Å². The number of aromatic nitrogens is 3. The first kappa shape index (κ1) is 19.5. The zero-order valence-electron chi connectivity index (χ0n) is 16.1. The summed E-state index contributed by atoms with van der Waals surface area (Å²) >= 11 is 1.43. The third kappa shape index (κ3) is 4.13. The summed E-state index contributed by atoms with van der Waals surface area (Å²) in [6.45, 7) is 0.257. The monoisotopic (exact) mass is 406 g/mol. The minimum absolute atomic E-state index is 0.257. The quantitative estimate of drug-likeness (QED) is 0.671. The maximum atomic E-state index is 12.6. The van der Waals surface area contributed by atoms with Crippen LogP contribution >= 0.6 is 11.8 Å². The van der Waals surface area contributed by atoms with Crippen LogP contribution < -0.4 is 11.2 Å². The number of aromatic amines is 1. The van der Waals surface area contributed by atoms with Crippen LogP contribution in [0.2, 0.25) is 0 Å². The summed E-state index contributed by atoms with van der Waals surface area (Å²) in [7, 11) is 0. The Labute approximate surface area is 172 Å². The Morgan fingerprint density at radius 2 is 1.93 bits per heavy atom. The number of benzene rings is 1. The molecule has 0 atom stereocenters. The molecule has 29 heavy (non-hydrogen) atoms. The summed E-state index contributed by atoms with van der Waals surface area (Å²) in [6, 6.07) is 11.2. The molecule has 0 unspecified atom stereocenters. The second-order valence-corrected chi connectivity index (χ2v) is 8.34. The van der Waals surface area contributed by atoms with Crippen LogP contribution in [0.4, 0.5) is 0 Å². The predicted molar refractivity (Wildman–Crippen MR) is 114 cm³/mol. The van der Waals surface area contributed by atoms with E-state index in [1.807, 2.05) is 6.07 Å². The minimum atomic E-state index is -0.416. The number of nitriles is 1. The average molecular weight is 407 g/mol. The van der Waals surface area contributed by atoms with E-state index in [1.54, 1.807) is 24.3 Å². The molecule has 2 heterocycles. The first-order valence-corrected chi connectivity index (χ1v) is 10.9. The molecule has 0 fully saturated rings. The molecular formula is C22H22N4O2S. The average Bonchev–Trinajstić information content (AvgIpc) is 2.71. The van der Waals surface area contributed by atoms with Crippen molar-refractivity contribution in [3.05, 3.63) is 68.0 Å². The molecule has 1 N–H and O–H groups in total. The Balaban J connectivity index is 1.56. The second-order valence-electron chi connectivity index (χ2n) is 7.25. The number of fused-ring (bicyclic) bond motifs is 2. The van der Waals surface area contributed by atoms with Crippen molar-refractivity contribution in [3.8, 4) is 6.07 Å². The van der Waals surface area contributed by atoms with Crippen LogP contribution in [-0.2, 0) is 19.4 Å². The van der Waals surface area contributed by atoms with Gasteiger partial charge in [-0.1, -0.05) is 25.0 Å². The smallest absolute Gasteiger partial charge is 0.307 e. The maximum absolute atomic E-state index is 12.6. The number of nitrogens with zero attached hydrogens (tertiary/aromatic N) is 3. The summed E-state index contributed by atoms with van der Waals surface area (Å²) in [6.07, 6.45) is 6.63. The first-order valence-electron chi connectivity index (χ1n) is 9.95. The van der Waals surface area contributed by atoms with Gasteiger partial charge < -0.3 is 4.98 Å². The van der Waals surface area contributed by atoms with E-state index in [-0.39, 0.29) is 12.1 Å². The van der Waals surface area contributed by atoms with Gasteiger partial charge in [0.25, 0.3) is 5.56 Å². The van der Waals surface area contributed by atoms with Crippen LogP contribution in [0.5, 0.6) is 0 Å². The SMILES string of the molecule is N#Cc1cc2c(nc1SCCn1c(=O)[nH]c3ccccc3c1=O)CCCCCC2. The van der Waals surface area contributed by atoms with Crippen molar-refractivity contribution < 1.29 is 0 Å². The molecule has 0 radical (unpaired) electrons. The molecular weight excluding hydrogens is 384 g/mol. The number of para-hydroxylation sites is 1. The number of hydrogen-bond donors (Lipinski definition) is 1. The van der Waals surface area contributed by atoms with Crippen molar-refractivity contribution in [2.75, 3.05) is 5.75 Å². The molecule has 0 aliphatic heterocycles. The third-order valence-electron chi connectivity index (χ3n) is 5.33. The van der Waals surface area contributed by atoms with Gasteiger partial charge >= 0.3 is 5.69 Å². The van der Waals surface area contributed by atoms with Crippen molar-refractivity contribution in [2.24, 2.45) is 0 Å². The highest BCUT2D eigenvalue weighted by molar-refractivity contribution is 7.99. The van der Waals surface area contributed by atoms with Crippen LogP contribution in [0.15, 0.2) is 44.9 Å². The van der Waals surface area contributed by atoms with E-state index in [9.17, 15) is 14.9 Å². The summed E-state index contributed by atoms with van der Waals surface area (Å²) < 4.78 is 1.22. The van der Waals surface area contributed by atoms with E-state index >= 15 is 0 Å². The lowest BCUT2D eigenvalue weighted by Gasteiger charge is -2.15. The van der Waals surface area contributed by atoms with E-state index in [0.717, 1.165) is 31.4 Å². The molecule has 6 nitrogen and oxygen atoms in total. The van der Waals surface area contributed by atoms with E-state index in [1.165, 1.54) is 34.7 Å². The van der Waals surface area contributed by atoms with Gasteiger partial charge in [0.15, 0.2) is 0 Å². The van der Waals surface area contributed by atoms with Crippen LogP contribution in [0, 0.1) is 11.3 Å². The van der Waals surface area contributed by atoms with E-state index < -0.39 is 5.69 Å². The van der Waals surface area contributed by atoms with Crippen LogP contribution in [0.1, 0.15) is 42.5 Å². The summed E-state index contributed by atoms with van der Waals surface area (Å²) in [5, 5.41) is 10.7. The standard InChI is InChI=1S/C22H22N4O2S/c23-14-16-13-15-7-3-1-2-4-9-18(15)24-20(16)29-12-11-26-21(27)17-8-5-6-10-19(17)25-22(26)28/h5-6,8,10,13H,1-4,7,9,11-12H2,(H,25,28). The molecule has 1 aromatic carbocycles. The molecule has 0 saturated carbocycles. The zero-order chi connectivity index (χ0) is 20.2. The van der Waals surface area contributed by atoms with Crippen molar-refractivity contribution in [1.29, 1.82) is 5.26 Å². The van der Waals surface area contributed by atoms with Gasteiger partial charge in [-0.2, -0.15) is 5.26 Å². The number of thioether (sulfide) groups is 1. The van der Waals surface area contributed by atoms with Gasteiger partial charge in [-0.25, -0.2) is 9.78 Å². The van der Waals surface area contributed by atoms with Gasteiger partial charge in [0.05, 0.1) is 16.5 Å². The summed E-state index contributed by atoms with van der Waals surface area (Å²) in [5.74, 6) is 0.488. The molecule has 0 spiro atoms. The number of H-pyrrole nitrogens is 1. The van der Waals surface area contributed by atoms with Gasteiger partial charge in [-0.3, -0.25) is 9.36 Å². The van der Waals surface area contributed by atoms with Crippen LogP contribution in [0.25, 0.3) is 10.9 Å². The minimum Gasteiger partial charge on any atom is -0.307 e. The first-order chi connectivity index (χ1) is 14.2. The van der Waals surface area contributed by atoms with Gasteiger partial charge in [-0.15, -0.1) is 11.8 Å². The molecule has 7 heteroatoms. The van der Waals surface area contributed by atoms with E-state index in [2.05, 4.69) is 11.1 Å². The Bertz CT molecular complexity index is 1210. The maximum Gasteiger partial charge on any atom is 0.328 e. The Hall–Kier alpha value is -2.85. The normalized spacial score (nSPS) is 14.0. The molecule has 0 bridgehead atoms. The highest BCUT2D eigenvalue weighted by Crippen LogP contribution is 2.26. The van der Waals surface area contributed by atoms with Crippen molar-refractivity contribution in [1.82, 2.24) is 14.5 Å². The zero-order valence-corrected chi connectivity index (χ0v) is 16.9. The number of aryl methyl sites for hydroxylation is 2. The second kappa shape index (κ2) is 8.66. The lowest BCUT2D eigenvalue weighted by molar-refractivity contribution is 0.605. The summed E-state index contributed by atoms with van der Waals surface area (Å²) in [5.41, 5.74) is 2.69. The van der Waals surface area contributed by atoms with Gasteiger partial charge in [0.2, 0.25) is 0 Å². The molecule has 0 amide bonds. The largest absolute Gasteiger partial charge is 0.328 e. The Kier molecular flexibility index (Phi) is 5.81. The molecule has 4 rings (SSSR count). The summed E-state index contributed by atoms with van der Waals surface area (Å²) in [4.78, 5) is 32.5. The predicted octanol–water partition coefficient (Wildman–Crippen LogP) is 3.41. The molecule has 0 saturated heterocycles. The highest BCUT2D eigenvalue weighted by Gasteiger charge is 2.14. The Morgan fingerprint density at radius 1 is 1.14 bits per heavy atom. The van der Waals surface area contributed by atoms with E-state index in [4.69, 9.17) is 4.98 Å². The van der Waals surface area contributed by atoms with Crippen molar-refractivity contribution in [2.45, 2.75) is 50.1 Å². The number of rotatable bonds is 4. The molecule has 3 aromatic rings. The molecule has 148 valence electrons. The topological polar surface area (TPSA) is 91.5 Å². The van der Waals surface area contributed by atoms with Gasteiger partial charge in [0.1, 0.15) is 11.1 Å². The molecule has 1 aliphatic carbocycles. The van der Waals surface area contributed by atoms with Crippen molar-refractivity contribution >= 4 is 22.7 Å². The van der Waals surface area contributed by atoms with E-state index in [0.29, 0.717) is 27.2 Å². The fourth-order valence-electron chi connectivity index (χ4n) is 3.79. The molecule has 2 aromatic heterocycles. The number of hydrogen-bond acceptors (Lipinski definition) is 5. The van der Waals surface area contributed by atoms with Gasteiger partial charge in [-0.05, 0) is 49.4 Å². The molecule has 1 aliphatic rings. The Morgan fingerprint density at radius 3 is 2.76 bits per heavy atom. The van der Waals surface area contributed by atoms with Crippen LogP contribution in [0.3, 0.4) is 0 Å². The number of pyridine rings is 1. The lowest BCUT2D eigenvalue weighted by Crippen LogP contribution is -2.35. The lowest BCUT2D eigenvalue weighted by atomic mass is 9.96. The number of nitrogens with one attached hydrogen (secondary N) is 1. The fourth-order valence-corrected chi connectivity index (χ4v) is 4.70. The fraction of sp³-hybridized carbons (Fsp3) is 0.364. The third-order valence-corrected chi connectivity index (χ3v) is 6.30. The van der Waals surface area contributed by atoms with Gasteiger partial charge in [0, 0.05) is 18.0 Å². The highest BCUT2D eigenvalue weighted by atomic mass is 32.2. The van der Waals surface area contributed by atoms with Crippen molar-refractivity contribution in [3.63, 3.8) is 0 Å².